The predicted molar refractivity (Wildman–Crippen MR) is 139 cm³/mol. The van der Waals surface area contributed by atoms with Crippen molar-refractivity contribution in [2.45, 2.75) is 32.5 Å². The maximum Gasteiger partial charge on any atom is 0.231 e. The monoisotopic (exact) mass is 482 g/mol. The van der Waals surface area contributed by atoms with Crippen molar-refractivity contribution in [1.82, 2.24) is 19.8 Å². The van der Waals surface area contributed by atoms with Gasteiger partial charge >= 0.3 is 0 Å². The Morgan fingerprint density at radius 3 is 2.57 bits per heavy atom. The van der Waals surface area contributed by atoms with Gasteiger partial charge in [-0.05, 0) is 67.5 Å². The molecule has 2 aromatic carbocycles. The number of benzene rings is 2. The summed E-state index contributed by atoms with van der Waals surface area (Å²) >= 11 is 5.87. The van der Waals surface area contributed by atoms with Crippen molar-refractivity contribution in [1.29, 1.82) is 0 Å². The summed E-state index contributed by atoms with van der Waals surface area (Å²) in [5, 5.41) is 4.31. The highest BCUT2D eigenvalue weighted by Crippen LogP contribution is 2.43. The standard InChI is InChI=1S/C28H26N4O2S/c1-18-14-22(19(2)32(18)21-11-12-24-25(15-21)34-17-33-24)27-26(23-10-6-7-13-29-23)30-28(35)31(27)16-20-8-4-3-5-9-20/h3-15,26-27H,16-17H2,1-2H3,(H,30,35)/t26-,27-/m0/s1. The van der Waals surface area contributed by atoms with Crippen molar-refractivity contribution >= 4 is 17.3 Å². The predicted octanol–water partition coefficient (Wildman–Crippen LogP) is 5.39. The fraction of sp³-hybridized carbons (Fsp3) is 0.214. The highest BCUT2D eigenvalue weighted by atomic mass is 32.1. The summed E-state index contributed by atoms with van der Waals surface area (Å²) in [7, 11) is 0. The van der Waals surface area contributed by atoms with E-state index >= 15 is 0 Å². The molecule has 0 saturated carbocycles. The minimum absolute atomic E-state index is 0.00781. The van der Waals surface area contributed by atoms with E-state index in [1.165, 1.54) is 11.1 Å². The third-order valence-corrected chi connectivity index (χ3v) is 7.15. The summed E-state index contributed by atoms with van der Waals surface area (Å²) in [6.45, 7) is 5.29. The Morgan fingerprint density at radius 1 is 0.971 bits per heavy atom. The molecule has 0 radical (unpaired) electrons. The van der Waals surface area contributed by atoms with Gasteiger partial charge in [0.25, 0.3) is 0 Å². The van der Waals surface area contributed by atoms with E-state index in [0.29, 0.717) is 6.54 Å². The fourth-order valence-corrected chi connectivity index (χ4v) is 5.51. The van der Waals surface area contributed by atoms with Crippen LogP contribution in [0, 0.1) is 13.8 Å². The summed E-state index contributed by atoms with van der Waals surface area (Å²) < 4.78 is 13.4. The minimum Gasteiger partial charge on any atom is -0.454 e. The number of aromatic nitrogens is 2. The molecule has 35 heavy (non-hydrogen) atoms. The van der Waals surface area contributed by atoms with Crippen LogP contribution in [0.3, 0.4) is 0 Å². The van der Waals surface area contributed by atoms with Crippen molar-refractivity contribution in [3.63, 3.8) is 0 Å². The first-order chi connectivity index (χ1) is 17.1. The second-order valence-electron chi connectivity index (χ2n) is 8.94. The van der Waals surface area contributed by atoms with Gasteiger partial charge in [0.15, 0.2) is 16.6 Å². The molecule has 7 heteroatoms. The number of pyridine rings is 1. The molecule has 6 nitrogen and oxygen atoms in total. The van der Waals surface area contributed by atoms with E-state index in [1.54, 1.807) is 0 Å². The lowest BCUT2D eigenvalue weighted by Gasteiger charge is -2.28. The summed E-state index contributed by atoms with van der Waals surface area (Å²) in [4.78, 5) is 6.97. The molecule has 4 aromatic rings. The summed E-state index contributed by atoms with van der Waals surface area (Å²) in [5.41, 5.74) is 6.77. The third-order valence-electron chi connectivity index (χ3n) is 6.80. The minimum atomic E-state index is -0.0573. The van der Waals surface area contributed by atoms with Crippen molar-refractivity contribution < 1.29 is 9.47 Å². The van der Waals surface area contributed by atoms with Crippen molar-refractivity contribution in [2.75, 3.05) is 6.79 Å². The number of aryl methyl sites for hydroxylation is 1. The molecule has 0 unspecified atom stereocenters. The van der Waals surface area contributed by atoms with E-state index in [-0.39, 0.29) is 18.9 Å². The molecule has 2 atom stereocenters. The van der Waals surface area contributed by atoms with Crippen LogP contribution in [0.4, 0.5) is 0 Å². The van der Waals surface area contributed by atoms with Crippen LogP contribution in [0.1, 0.15) is 40.3 Å². The van der Waals surface area contributed by atoms with Crippen LogP contribution >= 0.6 is 12.2 Å². The highest BCUT2D eigenvalue weighted by molar-refractivity contribution is 7.80. The number of hydrogen-bond acceptors (Lipinski definition) is 4. The molecular formula is C28H26N4O2S. The van der Waals surface area contributed by atoms with E-state index in [1.807, 2.05) is 36.5 Å². The van der Waals surface area contributed by atoms with Crippen LogP contribution in [0.25, 0.3) is 5.69 Å². The Bertz CT molecular complexity index is 1390. The number of ether oxygens (including phenoxy) is 2. The number of thiocarbonyl (C=S) groups is 1. The zero-order valence-corrected chi connectivity index (χ0v) is 20.5. The van der Waals surface area contributed by atoms with Gasteiger partial charge in [-0.15, -0.1) is 0 Å². The molecule has 1 saturated heterocycles. The normalized spacial score (nSPS) is 18.7. The van der Waals surface area contributed by atoms with E-state index in [2.05, 4.69) is 76.1 Å². The van der Waals surface area contributed by atoms with Gasteiger partial charge in [-0.25, -0.2) is 0 Å². The maximum absolute atomic E-state index is 5.87. The molecule has 6 rings (SSSR count). The van der Waals surface area contributed by atoms with Crippen molar-refractivity contribution in [3.05, 3.63) is 107 Å². The van der Waals surface area contributed by atoms with Crippen LogP contribution in [0.15, 0.2) is 79.0 Å². The van der Waals surface area contributed by atoms with E-state index < -0.39 is 0 Å². The second-order valence-corrected chi connectivity index (χ2v) is 9.33. The lowest BCUT2D eigenvalue weighted by Crippen LogP contribution is -2.29. The van der Waals surface area contributed by atoms with Crippen LogP contribution in [0.2, 0.25) is 0 Å². The fourth-order valence-electron chi connectivity index (χ4n) is 5.20. The zero-order valence-electron chi connectivity index (χ0n) is 19.6. The van der Waals surface area contributed by atoms with Gasteiger partial charge in [0, 0.05) is 35.9 Å². The summed E-state index contributed by atoms with van der Waals surface area (Å²) in [5.74, 6) is 1.56. The van der Waals surface area contributed by atoms with Crippen LogP contribution in [-0.4, -0.2) is 26.4 Å². The lowest BCUT2D eigenvalue weighted by atomic mass is 9.96. The molecule has 2 aliphatic heterocycles. The first-order valence-electron chi connectivity index (χ1n) is 11.7. The van der Waals surface area contributed by atoms with Gasteiger partial charge in [-0.2, -0.15) is 0 Å². The van der Waals surface area contributed by atoms with Gasteiger partial charge in [-0.1, -0.05) is 36.4 Å². The van der Waals surface area contributed by atoms with Crippen LogP contribution < -0.4 is 14.8 Å². The number of nitrogens with zero attached hydrogens (tertiary/aromatic N) is 3. The van der Waals surface area contributed by atoms with Gasteiger partial charge in [-0.3, -0.25) is 4.98 Å². The zero-order chi connectivity index (χ0) is 23.9. The summed E-state index contributed by atoms with van der Waals surface area (Å²) in [6, 6.07) is 24.8. The van der Waals surface area contributed by atoms with Gasteiger partial charge in [0.2, 0.25) is 6.79 Å². The Balaban J connectivity index is 1.45. The Hall–Kier alpha value is -3.84. The molecule has 0 spiro atoms. The largest absolute Gasteiger partial charge is 0.454 e. The smallest absolute Gasteiger partial charge is 0.231 e. The Labute approximate surface area is 210 Å². The molecule has 0 bridgehead atoms. The molecule has 2 aliphatic rings. The number of fused-ring (bicyclic) bond motifs is 1. The SMILES string of the molecule is Cc1cc([C@H]2[C@H](c3ccccn3)NC(=S)N2Cc2ccccc2)c(C)n1-c1ccc2c(c1)OCO2. The molecule has 4 heterocycles. The van der Waals surface area contributed by atoms with Crippen LogP contribution in [-0.2, 0) is 6.54 Å². The van der Waals surface area contributed by atoms with Crippen molar-refractivity contribution in [2.24, 2.45) is 0 Å². The maximum atomic E-state index is 5.87. The first-order valence-corrected chi connectivity index (χ1v) is 12.1. The van der Waals surface area contributed by atoms with Crippen molar-refractivity contribution in [3.8, 4) is 17.2 Å². The Morgan fingerprint density at radius 2 is 1.77 bits per heavy atom. The molecule has 176 valence electrons. The number of nitrogens with one attached hydrogen (secondary N) is 1. The topological polar surface area (TPSA) is 51.6 Å². The number of hydrogen-bond donors (Lipinski definition) is 1. The molecule has 2 aromatic heterocycles. The van der Waals surface area contributed by atoms with Gasteiger partial charge in [0.05, 0.1) is 17.8 Å². The van der Waals surface area contributed by atoms with E-state index in [4.69, 9.17) is 21.7 Å². The molecular weight excluding hydrogens is 456 g/mol. The molecule has 0 amide bonds. The highest BCUT2D eigenvalue weighted by Gasteiger charge is 2.41. The average molecular weight is 483 g/mol. The number of rotatable bonds is 5. The van der Waals surface area contributed by atoms with E-state index in [0.717, 1.165) is 39.4 Å². The second kappa shape index (κ2) is 8.74. The van der Waals surface area contributed by atoms with Crippen LogP contribution in [0.5, 0.6) is 11.5 Å². The Kier molecular flexibility index (Phi) is 5.41. The molecule has 1 N–H and O–H groups in total. The van der Waals surface area contributed by atoms with Gasteiger partial charge < -0.3 is 24.3 Å². The third kappa shape index (κ3) is 3.82. The average Bonchev–Trinajstić information content (AvgIpc) is 3.56. The van der Waals surface area contributed by atoms with Gasteiger partial charge in [0.1, 0.15) is 0 Å². The first kappa shape index (κ1) is 21.7. The quantitative estimate of drug-likeness (QED) is 0.385. The molecule has 0 aliphatic carbocycles. The molecule has 1 fully saturated rings. The summed E-state index contributed by atoms with van der Waals surface area (Å²) in [6.07, 6.45) is 1.84. The van der Waals surface area contributed by atoms with E-state index in [9.17, 15) is 0 Å². The lowest BCUT2D eigenvalue weighted by molar-refractivity contribution is 0.174.